The summed E-state index contributed by atoms with van der Waals surface area (Å²) in [5, 5.41) is 0.904. The summed E-state index contributed by atoms with van der Waals surface area (Å²) in [4.78, 5) is 28.5. The third-order valence-electron chi connectivity index (χ3n) is 4.74. The van der Waals surface area contributed by atoms with Gasteiger partial charge in [0.2, 0.25) is 5.91 Å². The lowest BCUT2D eigenvalue weighted by Gasteiger charge is -2.21. The van der Waals surface area contributed by atoms with Crippen molar-refractivity contribution in [2.75, 3.05) is 47.0 Å². The average molecular weight is 360 g/mol. The lowest BCUT2D eigenvalue weighted by molar-refractivity contribution is -0.135. The molecule has 26 heavy (non-hydrogen) atoms. The van der Waals surface area contributed by atoms with E-state index < -0.39 is 0 Å². The molecule has 2 amide bonds. The van der Waals surface area contributed by atoms with E-state index in [1.54, 1.807) is 23.0 Å². The van der Waals surface area contributed by atoms with E-state index in [0.717, 1.165) is 17.4 Å². The molecule has 0 aliphatic carbocycles. The van der Waals surface area contributed by atoms with Crippen LogP contribution in [-0.2, 0) is 9.53 Å². The van der Waals surface area contributed by atoms with Crippen molar-refractivity contribution in [3.05, 3.63) is 29.5 Å². The van der Waals surface area contributed by atoms with Crippen molar-refractivity contribution in [3.63, 3.8) is 0 Å². The third kappa shape index (κ3) is 3.53. The molecule has 3 rings (SSSR count). The molecule has 1 aliphatic heterocycles. The lowest BCUT2D eigenvalue weighted by Crippen LogP contribution is -2.38. The van der Waals surface area contributed by atoms with E-state index in [1.807, 2.05) is 19.1 Å². The van der Waals surface area contributed by atoms with Crippen molar-refractivity contribution in [2.45, 2.75) is 13.3 Å². The maximum absolute atomic E-state index is 13.0. The summed E-state index contributed by atoms with van der Waals surface area (Å²) in [5.41, 5.74) is 1.46. The van der Waals surface area contributed by atoms with E-state index in [4.69, 9.17) is 13.9 Å². The minimum absolute atomic E-state index is 0.0474. The maximum Gasteiger partial charge on any atom is 0.289 e. The summed E-state index contributed by atoms with van der Waals surface area (Å²) in [6, 6.07) is 5.54. The fraction of sp³-hybridized carbons (Fsp3) is 0.474. The van der Waals surface area contributed by atoms with Crippen LogP contribution in [0.3, 0.4) is 0 Å². The van der Waals surface area contributed by atoms with Gasteiger partial charge in [0, 0.05) is 50.3 Å². The number of carbonyl (C=O) groups is 2. The summed E-state index contributed by atoms with van der Waals surface area (Å²) < 4.78 is 16.0. The minimum Gasteiger partial charge on any atom is -0.497 e. The van der Waals surface area contributed by atoms with Crippen LogP contribution in [0.25, 0.3) is 11.0 Å². The van der Waals surface area contributed by atoms with E-state index in [-0.39, 0.29) is 18.4 Å². The number of nitrogens with zero attached hydrogens (tertiary/aromatic N) is 2. The Balaban J connectivity index is 1.78. The highest BCUT2D eigenvalue weighted by atomic mass is 16.5. The fourth-order valence-electron chi connectivity index (χ4n) is 3.27. The van der Waals surface area contributed by atoms with Crippen LogP contribution in [0.2, 0.25) is 0 Å². The normalized spacial score (nSPS) is 15.2. The van der Waals surface area contributed by atoms with Crippen molar-refractivity contribution in [3.8, 4) is 5.75 Å². The average Bonchev–Trinajstić information content (AvgIpc) is 2.83. The molecule has 140 valence electrons. The number of rotatable bonds is 4. The van der Waals surface area contributed by atoms with E-state index in [0.29, 0.717) is 43.3 Å². The molecule has 1 aromatic carbocycles. The monoisotopic (exact) mass is 360 g/mol. The van der Waals surface area contributed by atoms with Gasteiger partial charge in [-0.05, 0) is 25.5 Å². The van der Waals surface area contributed by atoms with Gasteiger partial charge in [-0.2, -0.15) is 0 Å². The molecule has 0 N–H and O–H groups in total. The Morgan fingerprint density at radius 2 is 1.85 bits per heavy atom. The minimum atomic E-state index is -0.140. The first-order valence-electron chi connectivity index (χ1n) is 8.68. The molecule has 0 unspecified atom stereocenters. The second-order valence-electron chi connectivity index (χ2n) is 6.38. The van der Waals surface area contributed by atoms with Crippen LogP contribution in [0, 0.1) is 6.92 Å². The highest BCUT2D eigenvalue weighted by Crippen LogP contribution is 2.29. The third-order valence-corrected chi connectivity index (χ3v) is 4.74. The van der Waals surface area contributed by atoms with Gasteiger partial charge in [0.15, 0.2) is 5.76 Å². The first kappa shape index (κ1) is 18.3. The summed E-state index contributed by atoms with van der Waals surface area (Å²) in [6.07, 6.45) is 0.730. The van der Waals surface area contributed by atoms with Gasteiger partial charge in [-0.3, -0.25) is 9.59 Å². The van der Waals surface area contributed by atoms with Gasteiger partial charge < -0.3 is 23.7 Å². The van der Waals surface area contributed by atoms with Gasteiger partial charge in [-0.25, -0.2) is 0 Å². The first-order valence-corrected chi connectivity index (χ1v) is 8.68. The van der Waals surface area contributed by atoms with Gasteiger partial charge in [-0.15, -0.1) is 0 Å². The summed E-state index contributed by atoms with van der Waals surface area (Å²) in [5.74, 6) is 0.852. The number of furan rings is 1. The second kappa shape index (κ2) is 7.78. The Bertz CT molecular complexity index is 814. The van der Waals surface area contributed by atoms with Crippen molar-refractivity contribution in [2.24, 2.45) is 0 Å². The zero-order chi connectivity index (χ0) is 18.7. The molecule has 2 heterocycles. The second-order valence-corrected chi connectivity index (χ2v) is 6.38. The van der Waals surface area contributed by atoms with Crippen LogP contribution >= 0.6 is 0 Å². The van der Waals surface area contributed by atoms with E-state index >= 15 is 0 Å². The summed E-state index contributed by atoms with van der Waals surface area (Å²) in [7, 11) is 3.10. The van der Waals surface area contributed by atoms with Gasteiger partial charge in [0.05, 0.1) is 7.11 Å². The quantitative estimate of drug-likeness (QED) is 0.835. The molecule has 2 aromatic rings. The molecule has 1 saturated heterocycles. The van der Waals surface area contributed by atoms with Crippen molar-refractivity contribution in [1.82, 2.24) is 9.80 Å². The Labute approximate surface area is 152 Å². The van der Waals surface area contributed by atoms with Gasteiger partial charge >= 0.3 is 0 Å². The molecule has 0 radical (unpaired) electrons. The summed E-state index contributed by atoms with van der Waals surface area (Å²) >= 11 is 0. The Morgan fingerprint density at radius 3 is 2.58 bits per heavy atom. The number of fused-ring (bicyclic) bond motifs is 1. The molecule has 7 heteroatoms. The molecule has 1 aromatic heterocycles. The molecule has 7 nitrogen and oxygen atoms in total. The standard InChI is InChI=1S/C19H24N2O5/c1-13-15-6-5-14(25-3)11-16(15)26-18(13)19(23)21-8-4-7-20(9-10-21)17(22)12-24-2/h5-6,11H,4,7-10,12H2,1-3H3. The number of carbonyl (C=O) groups excluding carboxylic acids is 2. The molecule has 1 aliphatic rings. The van der Waals surface area contributed by atoms with Crippen molar-refractivity contribution < 1.29 is 23.5 Å². The Kier molecular flexibility index (Phi) is 5.46. The van der Waals surface area contributed by atoms with E-state index in [9.17, 15) is 9.59 Å². The molecule has 0 saturated carbocycles. The molecule has 1 fully saturated rings. The largest absolute Gasteiger partial charge is 0.497 e. The highest BCUT2D eigenvalue weighted by molar-refractivity contribution is 5.99. The zero-order valence-corrected chi connectivity index (χ0v) is 15.4. The van der Waals surface area contributed by atoms with Gasteiger partial charge in [-0.1, -0.05) is 0 Å². The topological polar surface area (TPSA) is 72.2 Å². The van der Waals surface area contributed by atoms with Crippen molar-refractivity contribution in [1.29, 1.82) is 0 Å². The smallest absolute Gasteiger partial charge is 0.289 e. The highest BCUT2D eigenvalue weighted by Gasteiger charge is 2.26. The van der Waals surface area contributed by atoms with Crippen LogP contribution in [0.15, 0.2) is 22.6 Å². The molecule has 0 atom stereocenters. The zero-order valence-electron chi connectivity index (χ0n) is 15.4. The Morgan fingerprint density at radius 1 is 1.12 bits per heavy atom. The predicted molar refractivity (Wildman–Crippen MR) is 96.5 cm³/mol. The van der Waals surface area contributed by atoms with Crippen molar-refractivity contribution >= 4 is 22.8 Å². The molecular weight excluding hydrogens is 336 g/mol. The number of amides is 2. The van der Waals surface area contributed by atoms with Gasteiger partial charge in [0.1, 0.15) is 17.9 Å². The molecular formula is C19H24N2O5. The Hall–Kier alpha value is -2.54. The summed E-state index contributed by atoms with van der Waals surface area (Å²) in [6.45, 7) is 4.16. The SMILES string of the molecule is COCC(=O)N1CCCN(C(=O)c2oc3cc(OC)ccc3c2C)CC1. The van der Waals surface area contributed by atoms with E-state index in [1.165, 1.54) is 7.11 Å². The maximum atomic E-state index is 13.0. The number of aryl methyl sites for hydroxylation is 1. The van der Waals surface area contributed by atoms with Crippen LogP contribution in [0.1, 0.15) is 22.5 Å². The van der Waals surface area contributed by atoms with Crippen LogP contribution in [0.5, 0.6) is 5.75 Å². The predicted octanol–water partition coefficient (Wildman–Crippen LogP) is 2.07. The number of hydrogen-bond donors (Lipinski definition) is 0. The number of ether oxygens (including phenoxy) is 2. The van der Waals surface area contributed by atoms with Crippen LogP contribution in [-0.4, -0.2) is 68.6 Å². The van der Waals surface area contributed by atoms with Crippen LogP contribution in [0.4, 0.5) is 0 Å². The number of benzene rings is 1. The lowest BCUT2D eigenvalue weighted by atomic mass is 10.1. The van der Waals surface area contributed by atoms with E-state index in [2.05, 4.69) is 0 Å². The first-order chi connectivity index (χ1) is 12.5. The van der Waals surface area contributed by atoms with Crippen LogP contribution < -0.4 is 4.74 Å². The van der Waals surface area contributed by atoms with Gasteiger partial charge in [0.25, 0.3) is 5.91 Å². The molecule has 0 bridgehead atoms. The number of methoxy groups -OCH3 is 2. The molecule has 0 spiro atoms. The number of hydrogen-bond acceptors (Lipinski definition) is 5. The fourth-order valence-corrected chi connectivity index (χ4v) is 3.27.